The number of rotatable bonds is 6. The summed E-state index contributed by atoms with van der Waals surface area (Å²) in [6.07, 6.45) is 11.3. The largest absolute Gasteiger partial charge is 0.405 e. The summed E-state index contributed by atoms with van der Waals surface area (Å²) in [7, 11) is -3.71. The highest BCUT2D eigenvalue weighted by molar-refractivity contribution is 7.92. The van der Waals surface area contributed by atoms with Gasteiger partial charge < -0.3 is 26.4 Å². The fourth-order valence-corrected chi connectivity index (χ4v) is 6.61. The quantitative estimate of drug-likeness (QED) is 0.332. The molecule has 1 amide bonds. The number of allylic oxidation sites excluding steroid dienone is 1. The third kappa shape index (κ3) is 6.39. The minimum Gasteiger partial charge on any atom is -0.405 e. The van der Waals surface area contributed by atoms with Gasteiger partial charge in [0.05, 0.1) is 29.3 Å². The van der Waals surface area contributed by atoms with Crippen LogP contribution in [0.4, 0.5) is 28.7 Å². The molecule has 12 heteroatoms. The number of amides is 1. The van der Waals surface area contributed by atoms with E-state index in [0.717, 1.165) is 45.3 Å². The first-order chi connectivity index (χ1) is 19.3. The number of benzene rings is 1. The number of carbonyl (C=O) groups is 1. The van der Waals surface area contributed by atoms with Crippen LogP contribution in [0.5, 0.6) is 0 Å². The third-order valence-corrected chi connectivity index (χ3v) is 9.36. The van der Waals surface area contributed by atoms with Crippen molar-refractivity contribution in [1.82, 2.24) is 4.98 Å². The molecule has 11 nitrogen and oxygen atoms in total. The zero-order valence-corrected chi connectivity index (χ0v) is 23.3. The van der Waals surface area contributed by atoms with Crippen molar-refractivity contribution in [3.63, 3.8) is 0 Å². The molecule has 1 aromatic carbocycles. The van der Waals surface area contributed by atoms with Gasteiger partial charge in [-0.15, -0.1) is 0 Å². The van der Waals surface area contributed by atoms with Crippen molar-refractivity contribution in [2.24, 2.45) is 22.1 Å². The smallest absolute Gasteiger partial charge is 0.258 e. The van der Waals surface area contributed by atoms with Gasteiger partial charge in [0.25, 0.3) is 5.91 Å². The van der Waals surface area contributed by atoms with Gasteiger partial charge in [-0.1, -0.05) is 6.42 Å². The Labute approximate surface area is 235 Å². The summed E-state index contributed by atoms with van der Waals surface area (Å²) in [6, 6.07) is 8.44. The maximum atomic E-state index is 13.6. The number of aliphatic hydroxyl groups excluding tert-OH is 1. The molecule has 1 saturated carbocycles. The molecule has 1 unspecified atom stereocenters. The fourth-order valence-electron chi connectivity index (χ4n) is 5.78. The topological polar surface area (TPSA) is 162 Å². The van der Waals surface area contributed by atoms with Crippen LogP contribution >= 0.6 is 0 Å². The SMILES string of the molecule is N/C=C\C=Nc1ccc2nc1NCCCCC1CN(CCC13CC3)c1cc(NS(=O)(=O)CCO)ccc1C(=O)N2. The van der Waals surface area contributed by atoms with Gasteiger partial charge in [0.1, 0.15) is 11.5 Å². The minimum atomic E-state index is -3.71. The van der Waals surface area contributed by atoms with Gasteiger partial charge in [-0.3, -0.25) is 14.5 Å². The van der Waals surface area contributed by atoms with Crippen LogP contribution in [0.1, 0.15) is 48.9 Å². The minimum absolute atomic E-state index is 0.335. The fraction of sp³-hybridized carbons (Fsp3) is 0.464. The van der Waals surface area contributed by atoms with Gasteiger partial charge >= 0.3 is 0 Å². The van der Waals surface area contributed by atoms with Gasteiger partial charge in [0.2, 0.25) is 10.0 Å². The number of carbonyl (C=O) groups excluding carboxylic acids is 1. The van der Waals surface area contributed by atoms with Gasteiger partial charge in [-0.2, -0.15) is 0 Å². The first-order valence-electron chi connectivity index (χ1n) is 13.8. The van der Waals surface area contributed by atoms with Gasteiger partial charge in [-0.25, -0.2) is 13.4 Å². The van der Waals surface area contributed by atoms with Crippen LogP contribution in [0.15, 0.2) is 47.6 Å². The Balaban J connectivity index is 1.51. The number of fused-ring (bicyclic) bond motifs is 7. The first-order valence-corrected chi connectivity index (χ1v) is 15.5. The third-order valence-electron chi connectivity index (χ3n) is 8.09. The Kier molecular flexibility index (Phi) is 8.27. The maximum Gasteiger partial charge on any atom is 0.258 e. The van der Waals surface area contributed by atoms with E-state index in [2.05, 4.69) is 30.2 Å². The van der Waals surface area contributed by atoms with E-state index in [1.54, 1.807) is 42.6 Å². The number of hydrogen-bond acceptors (Lipinski definition) is 9. The van der Waals surface area contributed by atoms with Gasteiger partial charge in [-0.05, 0) is 86.0 Å². The molecular formula is C28H37N7O4S. The van der Waals surface area contributed by atoms with Crippen LogP contribution in [0.2, 0.25) is 0 Å². The second kappa shape index (κ2) is 11.8. The van der Waals surface area contributed by atoms with Crippen molar-refractivity contribution in [2.45, 2.75) is 38.5 Å². The predicted molar refractivity (Wildman–Crippen MR) is 159 cm³/mol. The molecule has 6 N–H and O–H groups in total. The molecule has 1 spiro atoms. The Morgan fingerprint density at radius 2 is 2.08 bits per heavy atom. The molecule has 2 aliphatic heterocycles. The molecule has 0 radical (unpaired) electrons. The normalized spacial score (nSPS) is 20.9. The summed E-state index contributed by atoms with van der Waals surface area (Å²) in [6.45, 7) is 1.88. The summed E-state index contributed by atoms with van der Waals surface area (Å²) in [5.74, 6) is 0.717. The molecule has 3 heterocycles. The van der Waals surface area contributed by atoms with E-state index in [1.165, 1.54) is 19.0 Å². The lowest BCUT2D eigenvalue weighted by molar-refractivity contribution is 0.102. The number of nitrogens with zero attached hydrogens (tertiary/aromatic N) is 3. The van der Waals surface area contributed by atoms with E-state index in [4.69, 9.17) is 10.8 Å². The van der Waals surface area contributed by atoms with Crippen LogP contribution in [-0.2, 0) is 10.0 Å². The van der Waals surface area contributed by atoms with E-state index in [1.807, 2.05) is 0 Å². The molecule has 4 bridgehead atoms. The average Bonchev–Trinajstić information content (AvgIpc) is 3.70. The molecule has 214 valence electrons. The molecule has 1 saturated heterocycles. The van der Waals surface area contributed by atoms with Crippen LogP contribution in [0.3, 0.4) is 0 Å². The molecule has 3 aliphatic rings. The average molecular weight is 568 g/mol. The second-order valence-electron chi connectivity index (χ2n) is 10.7. The Morgan fingerprint density at radius 3 is 2.85 bits per heavy atom. The van der Waals surface area contributed by atoms with Crippen molar-refractivity contribution in [2.75, 3.05) is 52.2 Å². The lowest BCUT2D eigenvalue weighted by atomic mass is 9.79. The van der Waals surface area contributed by atoms with Crippen molar-refractivity contribution >= 4 is 50.8 Å². The number of hydrogen-bond donors (Lipinski definition) is 5. The highest BCUT2D eigenvalue weighted by atomic mass is 32.2. The second-order valence-corrected chi connectivity index (χ2v) is 12.6. The molecule has 5 rings (SSSR count). The lowest BCUT2D eigenvalue weighted by Gasteiger charge is -2.41. The van der Waals surface area contributed by atoms with Crippen molar-refractivity contribution in [1.29, 1.82) is 0 Å². The maximum absolute atomic E-state index is 13.6. The Bertz CT molecular complexity index is 1410. The van der Waals surface area contributed by atoms with Gasteiger partial charge in [0.15, 0.2) is 5.82 Å². The number of sulfonamides is 1. The van der Waals surface area contributed by atoms with Crippen molar-refractivity contribution in [3.8, 4) is 0 Å². The Morgan fingerprint density at radius 1 is 1.23 bits per heavy atom. The first kappa shape index (κ1) is 27.9. The number of aliphatic hydroxyl groups is 1. The van der Waals surface area contributed by atoms with E-state index < -0.39 is 22.4 Å². The Hall–Kier alpha value is -3.64. The highest BCUT2D eigenvalue weighted by Gasteiger charge is 2.51. The van der Waals surface area contributed by atoms with Crippen LogP contribution in [0, 0.1) is 11.3 Å². The van der Waals surface area contributed by atoms with E-state index >= 15 is 0 Å². The van der Waals surface area contributed by atoms with Crippen LogP contribution < -0.4 is 26.0 Å². The number of nitrogens with one attached hydrogen (secondary N) is 3. The standard InChI is InChI=1S/C28H37N7O4S/c29-12-3-14-30-23-7-8-25-32-26(23)31-13-2-1-4-20-19-35(15-11-28(20)9-10-28)24-18-21(34-40(38,39)17-16-36)5-6-22(24)27(37)33-25/h3,5-8,12,14,18,20,34,36H,1-2,4,9-11,13,15-17,19,29H2,(H2,31,32,33,37)/b12-3-,30-14?. The summed E-state index contributed by atoms with van der Waals surface area (Å²) in [5.41, 5.74) is 7.93. The van der Waals surface area contributed by atoms with Crippen LogP contribution in [-0.4, -0.2) is 62.6 Å². The van der Waals surface area contributed by atoms with E-state index in [9.17, 15) is 13.2 Å². The number of anilines is 4. The van der Waals surface area contributed by atoms with E-state index in [-0.39, 0.29) is 5.91 Å². The molecule has 2 aromatic rings. The number of aromatic nitrogens is 1. The zero-order valence-electron chi connectivity index (χ0n) is 22.5. The van der Waals surface area contributed by atoms with Crippen LogP contribution in [0.25, 0.3) is 0 Å². The molecule has 40 heavy (non-hydrogen) atoms. The number of aliphatic imine (C=N–C) groups is 1. The molecule has 1 aliphatic carbocycles. The summed E-state index contributed by atoms with van der Waals surface area (Å²) >= 11 is 0. The molecule has 1 atom stereocenters. The highest BCUT2D eigenvalue weighted by Crippen LogP contribution is 2.58. The lowest BCUT2D eigenvalue weighted by Crippen LogP contribution is -2.42. The van der Waals surface area contributed by atoms with Gasteiger partial charge in [0, 0.05) is 25.8 Å². The van der Waals surface area contributed by atoms with Crippen molar-refractivity contribution in [3.05, 3.63) is 48.2 Å². The van der Waals surface area contributed by atoms with Crippen molar-refractivity contribution < 1.29 is 18.3 Å². The summed E-state index contributed by atoms with van der Waals surface area (Å²) in [5, 5.41) is 15.4. The number of nitrogens with two attached hydrogens (primary N) is 1. The molecular weight excluding hydrogens is 530 g/mol. The zero-order chi connectivity index (χ0) is 28.2. The molecule has 2 fully saturated rings. The number of piperidine rings is 1. The monoisotopic (exact) mass is 567 g/mol. The summed E-state index contributed by atoms with van der Waals surface area (Å²) in [4.78, 5) is 24.9. The number of pyridine rings is 1. The van der Waals surface area contributed by atoms with E-state index in [0.29, 0.717) is 45.6 Å². The summed E-state index contributed by atoms with van der Waals surface area (Å²) < 4.78 is 27.3. The molecule has 1 aromatic heterocycles. The predicted octanol–water partition coefficient (Wildman–Crippen LogP) is 3.44.